The predicted octanol–water partition coefficient (Wildman–Crippen LogP) is 1.63. The molecule has 2 unspecified atom stereocenters. The summed E-state index contributed by atoms with van der Waals surface area (Å²) >= 11 is 0. The highest BCUT2D eigenvalue weighted by molar-refractivity contribution is 5.95. The maximum absolute atomic E-state index is 15.7. The molecule has 68 heavy (non-hydrogen) atoms. The second-order valence-corrected chi connectivity index (χ2v) is 19.1. The summed E-state index contributed by atoms with van der Waals surface area (Å²) < 4.78 is 36.8. The number of rotatable bonds is 11. The van der Waals surface area contributed by atoms with E-state index >= 15 is 4.79 Å². The third-order valence-electron chi connectivity index (χ3n) is 14.9. The van der Waals surface area contributed by atoms with Crippen molar-refractivity contribution in [1.82, 2.24) is 5.32 Å². The minimum Gasteiger partial charge on any atom is -0.456 e. The molecule has 364 valence electrons. The SMILES string of the molecule is CC(=O)O[C@@]12CO[C@@H]1C[C@H](OC1OC[C@H](O)[C@@H](O)[C@@H]1O)[C@@]1(C)C(=O)[C@H](O)C3=C(C)[C@@H](OC(=O)[C@H](O)C(NC(=O)c4ccccc4)c4ccccc4)C[C@@](O)([C@@H](OC(=O)c4ccccc4)[C@H]21)C3(C)C. The van der Waals surface area contributed by atoms with Crippen molar-refractivity contribution in [1.29, 1.82) is 0 Å². The van der Waals surface area contributed by atoms with Gasteiger partial charge in [0.25, 0.3) is 5.91 Å². The Labute approximate surface area is 391 Å². The number of carbonyl (C=O) groups excluding carboxylic acids is 5. The Hall–Kier alpha value is -5.41. The smallest absolute Gasteiger partial charge is 0.338 e. The molecule has 15 atom stereocenters. The van der Waals surface area contributed by atoms with Crippen molar-refractivity contribution in [3.05, 3.63) is 119 Å². The molecule has 2 saturated carbocycles. The Kier molecular flexibility index (Phi) is 13.3. The number of amides is 1. The fraction of sp³-hybridized carbons (Fsp3) is 0.500. The van der Waals surface area contributed by atoms with Crippen molar-refractivity contribution in [2.24, 2.45) is 16.7 Å². The van der Waals surface area contributed by atoms with Crippen LogP contribution in [0.3, 0.4) is 0 Å². The topological polar surface area (TPSA) is 274 Å². The molecule has 5 aliphatic rings. The van der Waals surface area contributed by atoms with E-state index in [1.54, 1.807) is 78.9 Å². The number of carbonyl (C=O) groups is 5. The fourth-order valence-corrected chi connectivity index (χ4v) is 11.2. The molecule has 1 amide bonds. The third kappa shape index (κ3) is 8.14. The molecule has 2 saturated heterocycles. The summed E-state index contributed by atoms with van der Waals surface area (Å²) in [6.07, 6.45) is -17.8. The van der Waals surface area contributed by atoms with Crippen LogP contribution in [0, 0.1) is 16.7 Å². The quantitative estimate of drug-likeness (QED) is 0.0818. The van der Waals surface area contributed by atoms with Gasteiger partial charge in [-0.15, -0.1) is 0 Å². The number of hydrogen-bond acceptors (Lipinski definition) is 17. The van der Waals surface area contributed by atoms with Crippen LogP contribution in [0.25, 0.3) is 0 Å². The first-order valence-corrected chi connectivity index (χ1v) is 22.5. The Morgan fingerprint density at radius 1 is 0.824 bits per heavy atom. The maximum atomic E-state index is 15.7. The van der Waals surface area contributed by atoms with Gasteiger partial charge in [-0.25, -0.2) is 9.59 Å². The van der Waals surface area contributed by atoms with Crippen LogP contribution in [0.2, 0.25) is 0 Å². The molecule has 2 aliphatic heterocycles. The van der Waals surface area contributed by atoms with E-state index in [1.807, 2.05) is 0 Å². The van der Waals surface area contributed by atoms with Gasteiger partial charge >= 0.3 is 17.9 Å². The van der Waals surface area contributed by atoms with Crippen LogP contribution in [-0.4, -0.2) is 146 Å². The van der Waals surface area contributed by atoms with E-state index in [9.17, 15) is 49.8 Å². The molecule has 0 radical (unpaired) electrons. The van der Waals surface area contributed by atoms with Gasteiger partial charge in [0.15, 0.2) is 23.8 Å². The number of benzene rings is 3. The second-order valence-electron chi connectivity index (χ2n) is 19.1. The van der Waals surface area contributed by atoms with Gasteiger partial charge in [0.2, 0.25) is 0 Å². The van der Waals surface area contributed by atoms with Gasteiger partial charge in [0.1, 0.15) is 48.3 Å². The van der Waals surface area contributed by atoms with Crippen LogP contribution in [0.15, 0.2) is 102 Å². The van der Waals surface area contributed by atoms with E-state index < -0.39 is 138 Å². The largest absolute Gasteiger partial charge is 0.456 e. The summed E-state index contributed by atoms with van der Waals surface area (Å²) in [5, 5.41) is 72.9. The van der Waals surface area contributed by atoms with Crippen LogP contribution in [0.1, 0.15) is 79.8 Å². The Bertz CT molecular complexity index is 2430. The average Bonchev–Trinajstić information content (AvgIpc) is 3.31. The zero-order valence-electron chi connectivity index (χ0n) is 38.1. The molecule has 7 N–H and O–H groups in total. The molecule has 2 bridgehead atoms. The van der Waals surface area contributed by atoms with E-state index in [4.69, 9.17) is 28.4 Å². The van der Waals surface area contributed by atoms with Crippen LogP contribution < -0.4 is 5.32 Å². The predicted molar refractivity (Wildman–Crippen MR) is 235 cm³/mol. The molecule has 3 aliphatic carbocycles. The van der Waals surface area contributed by atoms with Crippen LogP contribution in [-0.2, 0) is 42.8 Å². The van der Waals surface area contributed by atoms with Crippen molar-refractivity contribution < 1.29 is 83.0 Å². The first kappa shape index (κ1) is 49.0. The number of hydrogen-bond donors (Lipinski definition) is 7. The summed E-state index contributed by atoms with van der Waals surface area (Å²) in [5.74, 6) is -6.29. The van der Waals surface area contributed by atoms with Crippen molar-refractivity contribution in [2.45, 2.75) is 126 Å². The molecule has 4 fully saturated rings. The summed E-state index contributed by atoms with van der Waals surface area (Å²) in [6, 6.07) is 22.7. The third-order valence-corrected chi connectivity index (χ3v) is 14.9. The maximum Gasteiger partial charge on any atom is 0.338 e. The number of fused-ring (bicyclic) bond motifs is 5. The number of nitrogens with one attached hydrogen (secondary N) is 1. The van der Waals surface area contributed by atoms with Gasteiger partial charge in [-0.1, -0.05) is 80.6 Å². The molecule has 0 aromatic heterocycles. The summed E-state index contributed by atoms with van der Waals surface area (Å²) in [6.45, 7) is 6.21. The number of ketones is 1. The van der Waals surface area contributed by atoms with Gasteiger partial charge < -0.3 is 64.4 Å². The number of aliphatic hydroxyl groups is 6. The Morgan fingerprint density at radius 2 is 1.43 bits per heavy atom. The van der Waals surface area contributed by atoms with Gasteiger partial charge in [-0.05, 0) is 54.8 Å². The van der Waals surface area contributed by atoms with Gasteiger partial charge in [0, 0.05) is 30.7 Å². The highest BCUT2D eigenvalue weighted by atomic mass is 16.7. The van der Waals surface area contributed by atoms with Gasteiger partial charge in [-0.3, -0.25) is 14.4 Å². The van der Waals surface area contributed by atoms with Crippen molar-refractivity contribution in [3.8, 4) is 0 Å². The molecule has 18 heteroatoms. The highest BCUT2D eigenvalue weighted by Crippen LogP contribution is 2.65. The van der Waals surface area contributed by atoms with E-state index in [2.05, 4.69) is 5.32 Å². The first-order chi connectivity index (χ1) is 32.2. The van der Waals surface area contributed by atoms with Crippen LogP contribution >= 0.6 is 0 Å². The minimum absolute atomic E-state index is 0.0280. The van der Waals surface area contributed by atoms with E-state index in [0.717, 1.165) is 6.92 Å². The number of esters is 3. The molecule has 0 spiro atoms. The number of ether oxygens (including phenoxy) is 6. The highest BCUT2D eigenvalue weighted by Gasteiger charge is 2.78. The fourth-order valence-electron chi connectivity index (χ4n) is 11.2. The van der Waals surface area contributed by atoms with Crippen molar-refractivity contribution in [2.75, 3.05) is 13.2 Å². The number of aliphatic hydroxyl groups excluding tert-OH is 5. The summed E-state index contributed by atoms with van der Waals surface area (Å²) in [7, 11) is 0. The first-order valence-electron chi connectivity index (χ1n) is 22.5. The minimum atomic E-state index is -2.47. The Balaban J connectivity index is 1.26. The van der Waals surface area contributed by atoms with E-state index in [0.29, 0.717) is 5.56 Å². The lowest BCUT2D eigenvalue weighted by Crippen LogP contribution is -2.82. The molecule has 2 heterocycles. The van der Waals surface area contributed by atoms with Crippen LogP contribution in [0.4, 0.5) is 0 Å². The van der Waals surface area contributed by atoms with Crippen molar-refractivity contribution >= 4 is 29.6 Å². The van der Waals surface area contributed by atoms with Crippen LogP contribution in [0.5, 0.6) is 0 Å². The lowest BCUT2D eigenvalue weighted by Gasteiger charge is -2.68. The molecular weight excluding hydrogens is 887 g/mol. The van der Waals surface area contributed by atoms with Gasteiger partial charge in [-0.2, -0.15) is 0 Å². The van der Waals surface area contributed by atoms with Crippen molar-refractivity contribution in [3.63, 3.8) is 0 Å². The Morgan fingerprint density at radius 3 is 2.01 bits per heavy atom. The molecule has 3 aromatic rings. The lowest BCUT2D eigenvalue weighted by molar-refractivity contribution is -0.366. The van der Waals surface area contributed by atoms with E-state index in [-0.39, 0.29) is 35.3 Å². The number of Topliss-reactive ketones (excluding diaryl/α,β-unsaturated/α-hetero) is 1. The second kappa shape index (κ2) is 18.5. The molecule has 8 rings (SSSR count). The van der Waals surface area contributed by atoms with E-state index in [1.165, 1.54) is 39.8 Å². The molecule has 3 aromatic carbocycles. The standard InChI is InChI=1S/C50H57NO17/c1-25-31(65-45(61)38(56)35(27-15-9-6-10-16-27)51-43(59)28-17-11-7-12-18-28)22-50(62)42(67-44(60)29-19-13-8-14-20-29)40-48(5,41(58)37(55)34(25)47(50,3)4)32(21-33-49(40,24-64-33)68-26(2)52)66-46-39(57)36(54)30(53)23-63-46/h6-20,30-33,35-40,42,46,53-57,62H,21-24H2,1-5H3,(H,51,59)/t30-,31-,32-,33+,35?,36+,37+,38+,39-,40-,42-,46?,48+,49-,50+/m0/s1. The normalized spacial score (nSPS) is 36.0. The lowest BCUT2D eigenvalue weighted by atomic mass is 9.44. The average molecular weight is 944 g/mol. The molecule has 18 nitrogen and oxygen atoms in total. The monoisotopic (exact) mass is 943 g/mol. The van der Waals surface area contributed by atoms with Gasteiger partial charge in [0.05, 0.1) is 42.3 Å². The summed E-state index contributed by atoms with van der Waals surface area (Å²) in [5.41, 5.74) is -7.60. The molecular formula is C50H57NO17. The zero-order chi connectivity index (χ0) is 49.1. The zero-order valence-corrected chi connectivity index (χ0v) is 38.1. The summed E-state index contributed by atoms with van der Waals surface area (Å²) in [4.78, 5) is 71.3.